The summed E-state index contributed by atoms with van der Waals surface area (Å²) < 4.78 is 15.2. The first-order chi connectivity index (χ1) is 11.4. The zero-order chi connectivity index (χ0) is 17.4. The molecule has 0 spiro atoms. The van der Waals surface area contributed by atoms with Crippen LogP contribution < -0.4 is 4.31 Å². The largest absolute Gasteiger partial charge is 0.508 e. The number of anilines is 1. The molecule has 6 heteroatoms. The van der Waals surface area contributed by atoms with Gasteiger partial charge >= 0.3 is 0 Å². The zero-order valence-corrected chi connectivity index (χ0v) is 14.5. The highest BCUT2D eigenvalue weighted by Gasteiger charge is 2.17. The maximum absolute atomic E-state index is 11.6. The number of phenols is 1. The number of hydrogen-bond donors (Lipinski definition) is 1. The van der Waals surface area contributed by atoms with E-state index in [0.29, 0.717) is 5.56 Å². The van der Waals surface area contributed by atoms with Crippen LogP contribution in [-0.2, 0) is 18.0 Å². The summed E-state index contributed by atoms with van der Waals surface area (Å²) in [6.45, 7) is 0. The number of phenolic OH excluding ortho intramolecular Hbond substituents is 1. The van der Waals surface area contributed by atoms with Crippen LogP contribution in [0.5, 0.6) is 5.75 Å². The molecule has 0 aliphatic heterocycles. The summed E-state index contributed by atoms with van der Waals surface area (Å²) in [7, 11) is 2.55. The van der Waals surface area contributed by atoms with Crippen LogP contribution in [0, 0.1) is 11.3 Å². The van der Waals surface area contributed by atoms with E-state index in [0.717, 1.165) is 27.8 Å². The number of hydrogen-bond acceptors (Lipinski definition) is 3. The first kappa shape index (κ1) is 16.1. The molecule has 24 heavy (non-hydrogen) atoms. The fourth-order valence-electron chi connectivity index (χ4n) is 2.85. The Morgan fingerprint density at radius 3 is 2.46 bits per heavy atom. The lowest BCUT2D eigenvalue weighted by molar-refractivity contribution is 0.476. The van der Waals surface area contributed by atoms with Gasteiger partial charge in [-0.1, -0.05) is 12.1 Å². The fraction of sp³-hybridized carbons (Fsp3) is 0.167. The molecule has 0 radical (unpaired) electrons. The molecule has 5 nitrogen and oxygen atoms in total. The van der Waals surface area contributed by atoms with E-state index < -0.39 is 11.0 Å². The average Bonchev–Trinajstić information content (AvgIpc) is 2.86. The number of aromatic nitrogens is 1. The van der Waals surface area contributed by atoms with E-state index in [1.165, 1.54) is 0 Å². The Labute approximate surface area is 143 Å². The normalized spacial score (nSPS) is 12.1. The molecule has 0 aliphatic carbocycles. The predicted octanol–water partition coefficient (Wildman–Crippen LogP) is 3.15. The Kier molecular flexibility index (Phi) is 4.04. The highest BCUT2D eigenvalue weighted by molar-refractivity contribution is 7.85. The molecular weight excluding hydrogens is 322 g/mol. The van der Waals surface area contributed by atoms with Crippen LogP contribution in [0.25, 0.3) is 22.2 Å². The Bertz CT molecular complexity index is 984. The molecular formula is C18H17N3O2S. The summed E-state index contributed by atoms with van der Waals surface area (Å²) in [6.07, 6.45) is 1.62. The lowest BCUT2D eigenvalue weighted by atomic mass is 10.1. The van der Waals surface area contributed by atoms with Gasteiger partial charge in [-0.15, -0.1) is 0 Å². The third-order valence-electron chi connectivity index (χ3n) is 4.19. The van der Waals surface area contributed by atoms with Crippen LogP contribution in [0.1, 0.15) is 5.56 Å². The number of benzene rings is 2. The zero-order valence-electron chi connectivity index (χ0n) is 13.6. The summed E-state index contributed by atoms with van der Waals surface area (Å²) in [5, 5.41) is 20.1. The highest BCUT2D eigenvalue weighted by atomic mass is 32.2. The standard InChI is InChI=1S/C18H17N3O2S/c1-20-17-10-14(22)8-9-15(17)16(11-19)18(20)12-4-6-13(7-5-12)21(2)24(3)23/h4-10,22H,1-3H3. The van der Waals surface area contributed by atoms with Crippen LogP contribution in [0.15, 0.2) is 42.5 Å². The molecule has 0 aliphatic rings. The molecule has 0 fully saturated rings. The molecule has 0 saturated heterocycles. The van der Waals surface area contributed by atoms with Gasteiger partial charge in [0.1, 0.15) is 22.8 Å². The van der Waals surface area contributed by atoms with Gasteiger partial charge in [0.2, 0.25) is 0 Å². The van der Waals surface area contributed by atoms with Crippen LogP contribution in [-0.4, -0.2) is 27.2 Å². The molecule has 3 rings (SSSR count). The average molecular weight is 339 g/mol. The Hall–Kier alpha value is -2.78. The first-order valence-corrected chi connectivity index (χ1v) is 8.84. The van der Waals surface area contributed by atoms with Crippen molar-refractivity contribution in [3.63, 3.8) is 0 Å². The Morgan fingerprint density at radius 2 is 1.88 bits per heavy atom. The molecule has 1 unspecified atom stereocenters. The topological polar surface area (TPSA) is 69.3 Å². The maximum atomic E-state index is 11.6. The van der Waals surface area contributed by atoms with E-state index in [9.17, 15) is 14.6 Å². The van der Waals surface area contributed by atoms with E-state index in [1.807, 2.05) is 35.9 Å². The minimum absolute atomic E-state index is 0.168. The number of aryl methyl sites for hydroxylation is 1. The van der Waals surface area contributed by atoms with Crippen molar-refractivity contribution in [3.05, 3.63) is 48.0 Å². The Morgan fingerprint density at radius 1 is 1.21 bits per heavy atom. The monoisotopic (exact) mass is 339 g/mol. The lowest BCUT2D eigenvalue weighted by Crippen LogP contribution is -2.18. The summed E-state index contributed by atoms with van der Waals surface area (Å²) in [5.74, 6) is 0.168. The van der Waals surface area contributed by atoms with Crippen molar-refractivity contribution < 1.29 is 9.32 Å². The maximum Gasteiger partial charge on any atom is 0.117 e. The molecule has 0 saturated carbocycles. The molecule has 0 amide bonds. The van der Waals surface area contributed by atoms with Crippen molar-refractivity contribution >= 4 is 27.6 Å². The van der Waals surface area contributed by atoms with Gasteiger partial charge in [0, 0.05) is 37.5 Å². The number of nitrogens with zero attached hydrogens (tertiary/aromatic N) is 3. The molecule has 1 atom stereocenters. The third-order valence-corrected chi connectivity index (χ3v) is 5.17. The molecule has 1 N–H and O–H groups in total. The van der Waals surface area contributed by atoms with E-state index in [1.54, 1.807) is 35.8 Å². The molecule has 3 aromatic rings. The second-order valence-electron chi connectivity index (χ2n) is 5.56. The van der Waals surface area contributed by atoms with Crippen molar-refractivity contribution in [2.24, 2.45) is 7.05 Å². The number of aromatic hydroxyl groups is 1. The van der Waals surface area contributed by atoms with Crippen molar-refractivity contribution in [2.45, 2.75) is 0 Å². The SMILES string of the molecule is CN(c1ccc(-c2c(C#N)c3ccc(O)cc3n2C)cc1)S(C)=O. The van der Waals surface area contributed by atoms with Gasteiger partial charge in [-0.05, 0) is 29.8 Å². The molecule has 1 heterocycles. The number of nitriles is 1. The van der Waals surface area contributed by atoms with Crippen LogP contribution >= 0.6 is 0 Å². The van der Waals surface area contributed by atoms with E-state index in [2.05, 4.69) is 6.07 Å². The van der Waals surface area contributed by atoms with Gasteiger partial charge in [-0.3, -0.25) is 4.31 Å². The van der Waals surface area contributed by atoms with E-state index in [-0.39, 0.29) is 5.75 Å². The smallest absolute Gasteiger partial charge is 0.117 e. The van der Waals surface area contributed by atoms with E-state index in [4.69, 9.17) is 0 Å². The van der Waals surface area contributed by atoms with Gasteiger partial charge in [-0.2, -0.15) is 5.26 Å². The summed E-state index contributed by atoms with van der Waals surface area (Å²) in [5.41, 5.74) is 3.91. The van der Waals surface area contributed by atoms with Gasteiger partial charge < -0.3 is 9.67 Å². The Balaban J connectivity index is 2.18. The van der Waals surface area contributed by atoms with Crippen molar-refractivity contribution in [3.8, 4) is 23.1 Å². The van der Waals surface area contributed by atoms with Gasteiger partial charge in [0.15, 0.2) is 0 Å². The van der Waals surface area contributed by atoms with Crippen molar-refractivity contribution in [1.29, 1.82) is 5.26 Å². The molecule has 0 bridgehead atoms. The summed E-state index contributed by atoms with van der Waals surface area (Å²) in [6, 6.07) is 14.9. The number of fused-ring (bicyclic) bond motifs is 1. The third kappa shape index (κ3) is 2.53. The van der Waals surface area contributed by atoms with Crippen molar-refractivity contribution in [1.82, 2.24) is 4.57 Å². The number of rotatable bonds is 3. The minimum atomic E-state index is -1.09. The minimum Gasteiger partial charge on any atom is -0.508 e. The second kappa shape index (κ2) is 6.02. The highest BCUT2D eigenvalue weighted by Crippen LogP contribution is 2.34. The quantitative estimate of drug-likeness (QED) is 0.797. The molecule has 122 valence electrons. The van der Waals surface area contributed by atoms with Crippen LogP contribution in [0.4, 0.5) is 5.69 Å². The molecule has 2 aromatic carbocycles. The lowest BCUT2D eigenvalue weighted by Gasteiger charge is -2.16. The van der Waals surface area contributed by atoms with Crippen molar-refractivity contribution in [2.75, 3.05) is 17.6 Å². The predicted molar refractivity (Wildman–Crippen MR) is 97.2 cm³/mol. The van der Waals surface area contributed by atoms with E-state index >= 15 is 0 Å². The first-order valence-electron chi connectivity index (χ1n) is 7.33. The fourth-order valence-corrected chi connectivity index (χ4v) is 3.27. The summed E-state index contributed by atoms with van der Waals surface area (Å²) in [4.78, 5) is 0. The van der Waals surface area contributed by atoms with Gasteiger partial charge in [0.05, 0.1) is 16.8 Å². The second-order valence-corrected chi connectivity index (χ2v) is 6.96. The van der Waals surface area contributed by atoms with Gasteiger partial charge in [-0.25, -0.2) is 4.21 Å². The molecule has 1 aromatic heterocycles. The van der Waals surface area contributed by atoms with Crippen LogP contribution in [0.3, 0.4) is 0 Å². The summed E-state index contributed by atoms with van der Waals surface area (Å²) >= 11 is 0. The van der Waals surface area contributed by atoms with Gasteiger partial charge in [0.25, 0.3) is 0 Å². The van der Waals surface area contributed by atoms with Crippen LogP contribution in [0.2, 0.25) is 0 Å².